The summed E-state index contributed by atoms with van der Waals surface area (Å²) in [5.41, 5.74) is 2.26. The highest BCUT2D eigenvalue weighted by molar-refractivity contribution is 7.91. The van der Waals surface area contributed by atoms with E-state index in [1.807, 2.05) is 28.0 Å². The van der Waals surface area contributed by atoms with E-state index in [-0.39, 0.29) is 23.5 Å². The molecule has 23 heavy (non-hydrogen) atoms. The third kappa shape index (κ3) is 3.58. The van der Waals surface area contributed by atoms with Crippen molar-refractivity contribution in [2.45, 2.75) is 32.2 Å². The highest BCUT2D eigenvalue weighted by atomic mass is 32.2. The van der Waals surface area contributed by atoms with Crippen molar-refractivity contribution in [1.82, 2.24) is 4.90 Å². The lowest BCUT2D eigenvalue weighted by Gasteiger charge is -2.38. The van der Waals surface area contributed by atoms with Crippen LogP contribution in [-0.2, 0) is 21.1 Å². The van der Waals surface area contributed by atoms with E-state index in [9.17, 15) is 13.2 Å². The molecule has 0 radical (unpaired) electrons. The average molecular weight is 336 g/mol. The molecule has 0 aromatic heterocycles. The van der Waals surface area contributed by atoms with E-state index in [4.69, 9.17) is 0 Å². The van der Waals surface area contributed by atoms with Gasteiger partial charge in [-0.15, -0.1) is 0 Å². The summed E-state index contributed by atoms with van der Waals surface area (Å²) in [7, 11) is -2.91. The predicted octanol–water partition coefficient (Wildman–Crippen LogP) is 1.47. The topological polar surface area (TPSA) is 57.7 Å². The highest BCUT2D eigenvalue weighted by Crippen LogP contribution is 2.32. The Kier molecular flexibility index (Phi) is 4.73. The zero-order valence-electron chi connectivity index (χ0n) is 13.6. The highest BCUT2D eigenvalue weighted by Gasteiger charge is 2.31. The Morgan fingerprint density at radius 3 is 2.61 bits per heavy atom. The van der Waals surface area contributed by atoms with Crippen molar-refractivity contribution in [3.8, 4) is 0 Å². The molecule has 6 heteroatoms. The van der Waals surface area contributed by atoms with Gasteiger partial charge in [-0.1, -0.05) is 25.1 Å². The first kappa shape index (κ1) is 16.5. The summed E-state index contributed by atoms with van der Waals surface area (Å²) in [6, 6.07) is 8.35. The molecule has 0 spiro atoms. The number of anilines is 1. The van der Waals surface area contributed by atoms with Gasteiger partial charge in [-0.2, -0.15) is 0 Å². The molecule has 1 aromatic carbocycles. The van der Waals surface area contributed by atoms with Crippen LogP contribution in [0.3, 0.4) is 0 Å². The monoisotopic (exact) mass is 336 g/mol. The fourth-order valence-corrected chi connectivity index (χ4v) is 4.78. The van der Waals surface area contributed by atoms with E-state index in [1.54, 1.807) is 0 Å². The number of amides is 1. The lowest BCUT2D eigenvalue weighted by molar-refractivity contribution is -0.120. The van der Waals surface area contributed by atoms with Crippen LogP contribution in [0.4, 0.5) is 5.69 Å². The summed E-state index contributed by atoms with van der Waals surface area (Å²) >= 11 is 0. The predicted molar refractivity (Wildman–Crippen MR) is 91.4 cm³/mol. The van der Waals surface area contributed by atoms with E-state index in [1.165, 1.54) is 5.56 Å². The molecule has 1 aromatic rings. The molecule has 0 unspecified atom stereocenters. The minimum Gasteiger partial charge on any atom is -0.308 e. The Hall–Kier alpha value is -1.40. The second-order valence-electron chi connectivity index (χ2n) is 6.42. The molecule has 1 amide bonds. The Morgan fingerprint density at radius 2 is 1.91 bits per heavy atom. The molecular weight excluding hydrogens is 312 g/mol. The van der Waals surface area contributed by atoms with E-state index >= 15 is 0 Å². The van der Waals surface area contributed by atoms with Crippen LogP contribution in [0.15, 0.2) is 24.3 Å². The van der Waals surface area contributed by atoms with Crippen LogP contribution in [0.5, 0.6) is 0 Å². The standard InChI is InChI=1S/C17H24N2O3S/c1-2-15-8-7-14-5-3-4-6-16(14)19(15)17(20)13-18-9-11-23(21,22)12-10-18/h3-6,15H,2,7-13H2,1H3/t15-/m1/s1. The molecular formula is C17H24N2O3S. The Labute approximate surface area is 138 Å². The van der Waals surface area contributed by atoms with E-state index in [0.29, 0.717) is 19.6 Å². The molecule has 0 aliphatic carbocycles. The van der Waals surface area contributed by atoms with Gasteiger partial charge in [0.1, 0.15) is 0 Å². The molecule has 1 atom stereocenters. The van der Waals surface area contributed by atoms with Gasteiger partial charge in [-0.3, -0.25) is 9.69 Å². The van der Waals surface area contributed by atoms with Gasteiger partial charge in [0.2, 0.25) is 5.91 Å². The van der Waals surface area contributed by atoms with Gasteiger partial charge in [0, 0.05) is 24.8 Å². The fourth-order valence-electron chi connectivity index (χ4n) is 3.51. The lowest BCUT2D eigenvalue weighted by Crippen LogP contribution is -2.50. The number of fused-ring (bicyclic) bond motifs is 1. The second-order valence-corrected chi connectivity index (χ2v) is 8.72. The van der Waals surface area contributed by atoms with Crippen LogP contribution < -0.4 is 4.90 Å². The summed E-state index contributed by atoms with van der Waals surface area (Å²) in [6.07, 6.45) is 2.95. The van der Waals surface area contributed by atoms with Crippen molar-refractivity contribution in [3.63, 3.8) is 0 Å². The molecule has 1 saturated heterocycles. The smallest absolute Gasteiger partial charge is 0.241 e. The van der Waals surface area contributed by atoms with Crippen molar-refractivity contribution in [1.29, 1.82) is 0 Å². The number of carbonyl (C=O) groups excluding carboxylic acids is 1. The third-order valence-corrected chi connectivity index (χ3v) is 6.51. The quantitative estimate of drug-likeness (QED) is 0.839. The average Bonchev–Trinajstić information content (AvgIpc) is 2.55. The van der Waals surface area contributed by atoms with E-state index in [2.05, 4.69) is 13.0 Å². The van der Waals surface area contributed by atoms with Gasteiger partial charge in [-0.25, -0.2) is 8.42 Å². The first-order valence-electron chi connectivity index (χ1n) is 8.33. The maximum atomic E-state index is 12.9. The number of aryl methyl sites for hydroxylation is 1. The summed E-state index contributed by atoms with van der Waals surface area (Å²) in [4.78, 5) is 16.8. The van der Waals surface area contributed by atoms with Gasteiger partial charge in [-0.05, 0) is 30.9 Å². The first-order valence-corrected chi connectivity index (χ1v) is 10.1. The molecule has 126 valence electrons. The number of sulfone groups is 1. The molecule has 1 fully saturated rings. The van der Waals surface area contributed by atoms with Gasteiger partial charge in [0.15, 0.2) is 9.84 Å². The Bertz CT molecular complexity index is 673. The van der Waals surface area contributed by atoms with Crippen molar-refractivity contribution in [2.24, 2.45) is 0 Å². The number of hydrogen-bond acceptors (Lipinski definition) is 4. The fraction of sp³-hybridized carbons (Fsp3) is 0.588. The Balaban J connectivity index is 1.75. The minimum atomic E-state index is -2.91. The molecule has 0 bridgehead atoms. The van der Waals surface area contributed by atoms with Crippen LogP contribution in [0, 0.1) is 0 Å². The van der Waals surface area contributed by atoms with Crippen LogP contribution in [0.1, 0.15) is 25.3 Å². The summed E-state index contributed by atoms with van der Waals surface area (Å²) in [5, 5.41) is 0. The number of rotatable bonds is 3. The number of para-hydroxylation sites is 1. The van der Waals surface area contributed by atoms with Gasteiger partial charge < -0.3 is 4.90 Å². The minimum absolute atomic E-state index is 0.0864. The zero-order chi connectivity index (χ0) is 16.4. The summed E-state index contributed by atoms with van der Waals surface area (Å²) in [5.74, 6) is 0.408. The number of benzene rings is 1. The Morgan fingerprint density at radius 1 is 1.22 bits per heavy atom. The second kappa shape index (κ2) is 6.61. The van der Waals surface area contributed by atoms with E-state index in [0.717, 1.165) is 24.9 Å². The largest absolute Gasteiger partial charge is 0.308 e. The lowest BCUT2D eigenvalue weighted by atomic mass is 9.94. The molecule has 5 nitrogen and oxygen atoms in total. The first-order chi connectivity index (χ1) is 11.0. The van der Waals surface area contributed by atoms with Crippen molar-refractivity contribution in [2.75, 3.05) is 36.0 Å². The van der Waals surface area contributed by atoms with Gasteiger partial charge in [0.05, 0.1) is 18.1 Å². The molecule has 2 aliphatic rings. The zero-order valence-corrected chi connectivity index (χ0v) is 14.4. The third-order valence-electron chi connectivity index (χ3n) is 4.90. The summed E-state index contributed by atoms with van der Waals surface area (Å²) < 4.78 is 23.0. The van der Waals surface area contributed by atoms with Crippen LogP contribution in [0.2, 0.25) is 0 Å². The van der Waals surface area contributed by atoms with Gasteiger partial charge in [0.25, 0.3) is 0 Å². The SMILES string of the molecule is CC[C@@H]1CCc2ccccc2N1C(=O)CN1CCS(=O)(=O)CC1. The maximum absolute atomic E-state index is 12.9. The molecule has 2 heterocycles. The normalized spacial score (nSPS) is 24.2. The molecule has 0 N–H and O–H groups in total. The molecule has 2 aliphatic heterocycles. The number of nitrogens with zero attached hydrogens (tertiary/aromatic N) is 2. The molecule has 0 saturated carbocycles. The number of carbonyl (C=O) groups is 1. The van der Waals surface area contributed by atoms with Gasteiger partial charge >= 0.3 is 0 Å². The van der Waals surface area contributed by atoms with Crippen molar-refractivity contribution >= 4 is 21.4 Å². The van der Waals surface area contributed by atoms with Crippen LogP contribution in [-0.4, -0.2) is 56.4 Å². The number of hydrogen-bond donors (Lipinski definition) is 0. The van der Waals surface area contributed by atoms with Crippen LogP contribution >= 0.6 is 0 Å². The van der Waals surface area contributed by atoms with Crippen molar-refractivity contribution < 1.29 is 13.2 Å². The summed E-state index contributed by atoms with van der Waals surface area (Å²) in [6.45, 7) is 3.34. The maximum Gasteiger partial charge on any atom is 0.241 e. The van der Waals surface area contributed by atoms with E-state index < -0.39 is 9.84 Å². The molecule has 3 rings (SSSR count). The van der Waals surface area contributed by atoms with Crippen molar-refractivity contribution in [3.05, 3.63) is 29.8 Å². The van der Waals surface area contributed by atoms with Crippen LogP contribution in [0.25, 0.3) is 0 Å².